The molecule has 0 spiro atoms. The van der Waals surface area contributed by atoms with E-state index in [1.54, 1.807) is 0 Å². The van der Waals surface area contributed by atoms with Crippen molar-refractivity contribution in [1.82, 2.24) is 9.36 Å². The van der Waals surface area contributed by atoms with E-state index < -0.39 is 7.82 Å². The number of phosphoric acid groups is 1. The predicted molar refractivity (Wildman–Crippen MR) is 83.2 cm³/mol. The maximum Gasteiger partial charge on any atom is 0.531 e. The van der Waals surface area contributed by atoms with Crippen LogP contribution in [0.15, 0.2) is 28.6 Å². The van der Waals surface area contributed by atoms with E-state index in [1.165, 1.54) is 30.2 Å². The summed E-state index contributed by atoms with van der Waals surface area (Å²) in [5.41, 5.74) is 2.78. The molecule has 0 amide bonds. The second kappa shape index (κ2) is 7.58. The molecular formula is C11H12ClN2O4PS2. The van der Waals surface area contributed by atoms with Crippen LogP contribution in [0.2, 0.25) is 5.02 Å². The molecule has 21 heavy (non-hydrogen) atoms. The van der Waals surface area contributed by atoms with E-state index in [1.807, 2.05) is 17.8 Å². The van der Waals surface area contributed by atoms with Gasteiger partial charge in [-0.25, -0.2) is 4.57 Å². The Bertz CT molecular complexity index is 633. The van der Waals surface area contributed by atoms with E-state index in [4.69, 9.17) is 16.1 Å². The van der Waals surface area contributed by atoms with E-state index in [0.717, 1.165) is 22.3 Å². The van der Waals surface area contributed by atoms with Gasteiger partial charge in [-0.1, -0.05) is 17.7 Å². The van der Waals surface area contributed by atoms with Crippen LogP contribution >= 0.6 is 42.7 Å². The highest BCUT2D eigenvalue weighted by Gasteiger charge is 2.26. The maximum absolute atomic E-state index is 11.3. The number of rotatable bonds is 4. The Kier molecular flexibility index (Phi) is 6.04. The number of hydrogen-bond donors (Lipinski definition) is 0. The smallest absolute Gasteiger partial charge is 0.367 e. The summed E-state index contributed by atoms with van der Waals surface area (Å²) in [5.74, 6) is 1.10. The average molecular weight is 367 g/mol. The van der Waals surface area contributed by atoms with Crippen molar-refractivity contribution < 1.29 is 18.1 Å². The molecule has 1 aromatic heterocycles. The van der Waals surface area contributed by atoms with Gasteiger partial charge in [0.05, 0.1) is 5.02 Å². The highest BCUT2D eigenvalue weighted by atomic mass is 35.5. The van der Waals surface area contributed by atoms with Crippen LogP contribution in [0.1, 0.15) is 5.56 Å². The number of aromatic nitrogens is 2. The number of halogens is 1. The predicted octanol–water partition coefficient (Wildman–Crippen LogP) is 4.26. The zero-order chi connectivity index (χ0) is 15.3. The Labute approximate surface area is 135 Å². The normalized spacial score (nSPS) is 12.7. The SMILES string of the molecule is COP(=O)(OC)Oc1ncsn1.Clc1cc2ccc1SC2. The second-order valence-electron chi connectivity index (χ2n) is 3.67. The summed E-state index contributed by atoms with van der Waals surface area (Å²) >= 11 is 8.74. The van der Waals surface area contributed by atoms with Crippen LogP contribution in [0.4, 0.5) is 0 Å². The molecule has 0 unspecified atom stereocenters. The lowest BCUT2D eigenvalue weighted by Crippen LogP contribution is -1.97. The van der Waals surface area contributed by atoms with Crippen molar-refractivity contribution >= 4 is 42.7 Å². The molecule has 6 nitrogen and oxygen atoms in total. The van der Waals surface area contributed by atoms with Gasteiger partial charge in [0.2, 0.25) is 0 Å². The van der Waals surface area contributed by atoms with Crippen LogP contribution in [0.5, 0.6) is 6.01 Å². The fourth-order valence-corrected chi connectivity index (χ4v) is 3.59. The fraction of sp³-hybridized carbons (Fsp3) is 0.273. The quantitative estimate of drug-likeness (QED) is 0.748. The molecule has 2 bridgehead atoms. The number of phosphoric ester groups is 1. The van der Waals surface area contributed by atoms with Crippen LogP contribution in [-0.2, 0) is 19.4 Å². The highest BCUT2D eigenvalue weighted by Crippen LogP contribution is 2.46. The molecule has 0 atom stereocenters. The highest BCUT2D eigenvalue weighted by molar-refractivity contribution is 7.98. The summed E-state index contributed by atoms with van der Waals surface area (Å²) in [6.45, 7) is 0. The average Bonchev–Trinajstić information content (AvgIpc) is 3.01. The summed E-state index contributed by atoms with van der Waals surface area (Å²) in [5, 5.41) is 0.906. The van der Waals surface area contributed by atoms with Gasteiger partial charge in [0.1, 0.15) is 5.51 Å². The summed E-state index contributed by atoms with van der Waals surface area (Å²) in [4.78, 5) is 4.86. The molecule has 0 saturated carbocycles. The third-order valence-electron chi connectivity index (χ3n) is 2.37. The van der Waals surface area contributed by atoms with Gasteiger partial charge in [0.15, 0.2) is 0 Å². The zero-order valence-electron chi connectivity index (χ0n) is 11.2. The molecule has 3 heterocycles. The van der Waals surface area contributed by atoms with Crippen LogP contribution < -0.4 is 4.52 Å². The van der Waals surface area contributed by atoms with Gasteiger partial charge in [-0.3, -0.25) is 9.05 Å². The van der Waals surface area contributed by atoms with Crippen molar-refractivity contribution in [3.8, 4) is 6.01 Å². The molecule has 0 aliphatic carbocycles. The number of nitrogens with zero attached hydrogens (tertiary/aromatic N) is 2. The third-order valence-corrected chi connectivity index (χ3v) is 5.68. The van der Waals surface area contributed by atoms with Crippen molar-refractivity contribution in [2.45, 2.75) is 10.6 Å². The minimum atomic E-state index is -3.49. The van der Waals surface area contributed by atoms with Crippen LogP contribution in [0, 0.1) is 0 Å². The number of fused-ring (bicyclic) bond motifs is 3. The Morgan fingerprint density at radius 1 is 1.33 bits per heavy atom. The number of thioether (sulfide) groups is 1. The number of hydrogen-bond acceptors (Lipinski definition) is 8. The minimum absolute atomic E-state index is 0.00738. The van der Waals surface area contributed by atoms with Gasteiger partial charge in [-0.15, -0.1) is 16.1 Å². The molecule has 0 N–H and O–H groups in total. The van der Waals surface area contributed by atoms with Gasteiger partial charge in [0.25, 0.3) is 0 Å². The monoisotopic (exact) mass is 366 g/mol. The molecule has 1 aromatic carbocycles. The first-order chi connectivity index (χ1) is 10.1. The van der Waals surface area contributed by atoms with Gasteiger partial charge in [0, 0.05) is 24.9 Å². The lowest BCUT2D eigenvalue weighted by Gasteiger charge is -2.11. The van der Waals surface area contributed by atoms with Crippen molar-refractivity contribution in [2.75, 3.05) is 14.2 Å². The standard InChI is InChI=1S/C7H5ClS.C4H7N2O4PS/c8-6-3-5-1-2-7(6)9-4-5;1-8-11(7,9-2)10-4-5-3-12-6-4/h1-3H,4H2;3H,1-2H3. The van der Waals surface area contributed by atoms with Crippen molar-refractivity contribution in [2.24, 2.45) is 0 Å². The molecule has 114 valence electrons. The maximum atomic E-state index is 11.3. The Morgan fingerprint density at radius 3 is 2.43 bits per heavy atom. The van der Waals surface area contributed by atoms with E-state index in [-0.39, 0.29) is 6.01 Å². The first-order valence-electron chi connectivity index (χ1n) is 5.65. The third kappa shape index (κ3) is 4.67. The van der Waals surface area contributed by atoms with Crippen LogP contribution in [-0.4, -0.2) is 23.6 Å². The van der Waals surface area contributed by atoms with Crippen LogP contribution in [0.25, 0.3) is 0 Å². The zero-order valence-corrected chi connectivity index (χ0v) is 14.5. The van der Waals surface area contributed by atoms with Gasteiger partial charge < -0.3 is 4.52 Å². The van der Waals surface area contributed by atoms with E-state index in [9.17, 15) is 4.57 Å². The van der Waals surface area contributed by atoms with Crippen molar-refractivity contribution in [3.05, 3.63) is 34.3 Å². The largest absolute Gasteiger partial charge is 0.531 e. The molecule has 4 rings (SSSR count). The summed E-state index contributed by atoms with van der Waals surface area (Å²) in [7, 11) is -1.05. The molecule has 0 radical (unpaired) electrons. The Hall–Kier alpha value is -0.630. The number of benzene rings is 1. The molecule has 2 aliphatic rings. The lowest BCUT2D eigenvalue weighted by atomic mass is 10.2. The summed E-state index contributed by atoms with van der Waals surface area (Å²) in [6, 6.07) is 6.23. The van der Waals surface area contributed by atoms with Crippen molar-refractivity contribution in [1.29, 1.82) is 0 Å². The lowest BCUT2D eigenvalue weighted by molar-refractivity contribution is 0.207. The van der Waals surface area contributed by atoms with Crippen LogP contribution in [0.3, 0.4) is 0 Å². The van der Waals surface area contributed by atoms with Gasteiger partial charge >= 0.3 is 13.8 Å². The molecule has 2 aliphatic heterocycles. The molecular weight excluding hydrogens is 355 g/mol. The van der Waals surface area contributed by atoms with E-state index in [0.29, 0.717) is 0 Å². The Morgan fingerprint density at radius 2 is 2.10 bits per heavy atom. The first-order valence-corrected chi connectivity index (χ1v) is 9.31. The first kappa shape index (κ1) is 16.7. The molecule has 0 saturated heterocycles. The van der Waals surface area contributed by atoms with Gasteiger partial charge in [-0.2, -0.15) is 4.98 Å². The van der Waals surface area contributed by atoms with Gasteiger partial charge in [-0.05, 0) is 29.2 Å². The molecule has 2 aromatic rings. The molecule has 10 heteroatoms. The fourth-order valence-electron chi connectivity index (χ4n) is 1.36. The summed E-state index contributed by atoms with van der Waals surface area (Å²) < 4.78 is 28.7. The Balaban J connectivity index is 0.000000159. The minimum Gasteiger partial charge on any atom is -0.367 e. The van der Waals surface area contributed by atoms with E-state index >= 15 is 0 Å². The summed E-state index contributed by atoms with van der Waals surface area (Å²) in [6.07, 6.45) is 0. The molecule has 0 fully saturated rings. The van der Waals surface area contributed by atoms with Crippen molar-refractivity contribution in [3.63, 3.8) is 0 Å². The second-order valence-corrected chi connectivity index (χ2v) is 7.51. The topological polar surface area (TPSA) is 70.5 Å². The van der Waals surface area contributed by atoms with E-state index in [2.05, 4.69) is 30.5 Å².